The van der Waals surface area contributed by atoms with E-state index in [2.05, 4.69) is 0 Å². The van der Waals surface area contributed by atoms with E-state index in [1.54, 1.807) is 25.9 Å². The Kier molecular flexibility index (Phi) is 2.66. The van der Waals surface area contributed by atoms with Gasteiger partial charge in [0.25, 0.3) is 0 Å². The van der Waals surface area contributed by atoms with Crippen molar-refractivity contribution >= 4 is 0 Å². The molecule has 0 atom stereocenters. The van der Waals surface area contributed by atoms with Crippen molar-refractivity contribution in [2.75, 3.05) is 14.1 Å². The van der Waals surface area contributed by atoms with Gasteiger partial charge in [-0.1, -0.05) is 0 Å². The van der Waals surface area contributed by atoms with Gasteiger partial charge in [-0.3, -0.25) is 5.73 Å². The van der Waals surface area contributed by atoms with Crippen LogP contribution in [0.2, 0.25) is 0 Å². The highest BCUT2D eigenvalue weighted by Gasteiger charge is 2.07. The van der Waals surface area contributed by atoms with Gasteiger partial charge in [0, 0.05) is 14.1 Å². The van der Waals surface area contributed by atoms with Crippen LogP contribution >= 0.6 is 0 Å². The quantitative estimate of drug-likeness (QED) is 0.437. The Labute approximate surface area is 59.3 Å². The number of hydrogen-bond acceptors (Lipinski definition) is 4. The number of rotatable bonds is 2. The van der Waals surface area contributed by atoms with Crippen LogP contribution in [-0.2, 0) is 0 Å². The van der Waals surface area contributed by atoms with Crippen molar-refractivity contribution in [3.63, 3.8) is 0 Å². The fourth-order valence-corrected chi connectivity index (χ4v) is 0.361. The van der Waals surface area contributed by atoms with Gasteiger partial charge in [-0.25, -0.2) is 0 Å². The Morgan fingerprint density at radius 3 is 2.10 bits per heavy atom. The zero-order valence-electron chi connectivity index (χ0n) is 6.29. The number of nitrogens with two attached hydrogens (primary N) is 1. The Morgan fingerprint density at radius 2 is 2.00 bits per heavy atom. The molecule has 0 unspecified atom stereocenters. The average molecular weight is 145 g/mol. The minimum absolute atomic E-state index is 0.301. The maximum atomic E-state index is 10.0. The van der Waals surface area contributed by atoms with E-state index in [0.717, 1.165) is 0 Å². The van der Waals surface area contributed by atoms with E-state index in [0.29, 0.717) is 5.70 Å². The number of nitro groups is 1. The Morgan fingerprint density at radius 1 is 1.60 bits per heavy atom. The van der Waals surface area contributed by atoms with Crippen LogP contribution in [0.25, 0.3) is 0 Å². The normalized spacial score (nSPS) is 12.3. The van der Waals surface area contributed by atoms with E-state index < -0.39 is 4.92 Å². The largest absolute Gasteiger partial charge is 0.374 e. The minimum atomic E-state index is -0.602. The van der Waals surface area contributed by atoms with Crippen LogP contribution in [0.15, 0.2) is 11.5 Å². The molecule has 0 aromatic rings. The van der Waals surface area contributed by atoms with Crippen molar-refractivity contribution < 1.29 is 4.92 Å². The third kappa shape index (κ3) is 1.93. The van der Waals surface area contributed by atoms with Gasteiger partial charge in [0.15, 0.2) is 0 Å². The molecule has 0 saturated heterocycles. The number of hydrogen-bond donors (Lipinski definition) is 1. The maximum absolute atomic E-state index is 10.0. The first-order valence-electron chi connectivity index (χ1n) is 2.75. The summed E-state index contributed by atoms with van der Waals surface area (Å²) in [4.78, 5) is 11.0. The second kappa shape index (κ2) is 3.05. The molecule has 0 aromatic heterocycles. The first-order chi connectivity index (χ1) is 4.46. The lowest BCUT2D eigenvalue weighted by Gasteiger charge is -2.11. The second-order valence-corrected chi connectivity index (χ2v) is 2.12. The maximum Gasteiger partial charge on any atom is 0.332 e. The standard InChI is InChI=1S/C5H11N3O2/c1-4(7(2)3)5(6)8(9)10/h6H2,1-3H3. The molecular formula is C5H11N3O2. The van der Waals surface area contributed by atoms with Crippen molar-refractivity contribution in [1.29, 1.82) is 0 Å². The van der Waals surface area contributed by atoms with Crippen molar-refractivity contribution in [1.82, 2.24) is 4.90 Å². The predicted octanol–water partition coefficient (Wildman–Crippen LogP) is -0.0276. The third-order valence-corrected chi connectivity index (χ3v) is 1.24. The molecule has 0 aliphatic heterocycles. The topological polar surface area (TPSA) is 72.4 Å². The molecule has 5 nitrogen and oxygen atoms in total. The van der Waals surface area contributed by atoms with Crippen molar-refractivity contribution in [2.24, 2.45) is 5.73 Å². The van der Waals surface area contributed by atoms with Crippen LogP contribution in [0.4, 0.5) is 0 Å². The number of nitrogens with zero attached hydrogens (tertiary/aromatic N) is 2. The molecule has 0 heterocycles. The zero-order valence-corrected chi connectivity index (χ0v) is 6.29. The second-order valence-electron chi connectivity index (χ2n) is 2.12. The predicted molar refractivity (Wildman–Crippen MR) is 37.6 cm³/mol. The first kappa shape index (κ1) is 8.74. The van der Waals surface area contributed by atoms with E-state index in [-0.39, 0.29) is 5.82 Å². The Balaban J connectivity index is 4.50. The molecule has 10 heavy (non-hydrogen) atoms. The van der Waals surface area contributed by atoms with E-state index in [1.165, 1.54) is 0 Å². The van der Waals surface area contributed by atoms with Gasteiger partial charge < -0.3 is 15.0 Å². The molecule has 0 bridgehead atoms. The summed E-state index contributed by atoms with van der Waals surface area (Å²) in [5, 5.41) is 10.0. The lowest BCUT2D eigenvalue weighted by atomic mass is 10.4. The lowest BCUT2D eigenvalue weighted by Crippen LogP contribution is -2.19. The molecule has 2 N–H and O–H groups in total. The molecule has 0 amide bonds. The van der Waals surface area contributed by atoms with Crippen molar-refractivity contribution in [3.05, 3.63) is 21.6 Å². The molecule has 0 aliphatic rings. The molecule has 0 aliphatic carbocycles. The summed E-state index contributed by atoms with van der Waals surface area (Å²) in [7, 11) is 3.40. The molecule has 58 valence electrons. The molecular weight excluding hydrogens is 134 g/mol. The van der Waals surface area contributed by atoms with E-state index >= 15 is 0 Å². The molecule has 0 spiro atoms. The van der Waals surface area contributed by atoms with E-state index in [1.807, 2.05) is 0 Å². The fourth-order valence-electron chi connectivity index (χ4n) is 0.361. The van der Waals surface area contributed by atoms with Crippen molar-refractivity contribution in [3.8, 4) is 0 Å². The van der Waals surface area contributed by atoms with Crippen LogP contribution in [0.5, 0.6) is 0 Å². The van der Waals surface area contributed by atoms with E-state index in [4.69, 9.17) is 5.73 Å². The van der Waals surface area contributed by atoms with Crippen molar-refractivity contribution in [2.45, 2.75) is 6.92 Å². The van der Waals surface area contributed by atoms with E-state index in [9.17, 15) is 10.1 Å². The van der Waals surface area contributed by atoms with Gasteiger partial charge in [0.2, 0.25) is 0 Å². The van der Waals surface area contributed by atoms with Crippen LogP contribution in [-0.4, -0.2) is 23.9 Å². The van der Waals surface area contributed by atoms with Gasteiger partial charge in [0.1, 0.15) is 5.70 Å². The lowest BCUT2D eigenvalue weighted by molar-refractivity contribution is -0.428. The van der Waals surface area contributed by atoms with Gasteiger partial charge in [-0.15, -0.1) is 0 Å². The van der Waals surface area contributed by atoms with Gasteiger partial charge >= 0.3 is 5.82 Å². The van der Waals surface area contributed by atoms with Gasteiger partial charge in [-0.05, 0) is 11.8 Å². The summed E-state index contributed by atoms with van der Waals surface area (Å²) >= 11 is 0. The first-order valence-corrected chi connectivity index (χ1v) is 2.75. The molecule has 5 heteroatoms. The molecule has 0 aromatic carbocycles. The van der Waals surface area contributed by atoms with Crippen LogP contribution in [0.1, 0.15) is 6.92 Å². The Hall–Kier alpha value is -1.26. The summed E-state index contributed by atoms with van der Waals surface area (Å²) < 4.78 is 0. The molecule has 0 rings (SSSR count). The monoisotopic (exact) mass is 145 g/mol. The SMILES string of the molecule is CC(=C(N)[N+](=O)[O-])N(C)C. The van der Waals surface area contributed by atoms with Gasteiger partial charge in [0.05, 0.1) is 0 Å². The highest BCUT2D eigenvalue weighted by Crippen LogP contribution is 2.00. The zero-order chi connectivity index (χ0) is 8.31. The highest BCUT2D eigenvalue weighted by atomic mass is 16.6. The fraction of sp³-hybridized carbons (Fsp3) is 0.600. The summed E-state index contributed by atoms with van der Waals surface area (Å²) in [6.07, 6.45) is 0. The molecule has 0 radical (unpaired) electrons. The third-order valence-electron chi connectivity index (χ3n) is 1.24. The minimum Gasteiger partial charge on any atom is -0.374 e. The summed E-state index contributed by atoms with van der Waals surface area (Å²) in [5.41, 5.74) is 5.56. The highest BCUT2D eigenvalue weighted by molar-refractivity contribution is 4.98. The summed E-state index contributed by atoms with van der Waals surface area (Å²) in [6, 6.07) is 0. The number of allylic oxidation sites excluding steroid dienone is 1. The molecule has 0 fully saturated rings. The van der Waals surface area contributed by atoms with Crippen LogP contribution in [0.3, 0.4) is 0 Å². The van der Waals surface area contributed by atoms with Gasteiger partial charge in [-0.2, -0.15) is 0 Å². The smallest absolute Gasteiger partial charge is 0.332 e. The summed E-state index contributed by atoms with van der Waals surface area (Å²) in [5.74, 6) is -0.301. The van der Waals surface area contributed by atoms with Crippen LogP contribution in [0, 0.1) is 10.1 Å². The Bertz CT molecular complexity index is 174. The summed E-state index contributed by atoms with van der Waals surface area (Å²) in [6.45, 7) is 1.60. The molecule has 0 saturated carbocycles. The average Bonchev–Trinajstić information content (AvgIpc) is 1.84. The van der Waals surface area contributed by atoms with Crippen LogP contribution < -0.4 is 5.73 Å².